The Morgan fingerprint density at radius 2 is 1.96 bits per heavy atom. The van der Waals surface area contributed by atoms with E-state index in [0.717, 1.165) is 0 Å². The average Bonchev–Trinajstić information content (AvgIpc) is 2.58. The van der Waals surface area contributed by atoms with Gasteiger partial charge in [0.25, 0.3) is 5.91 Å². The standard InChI is InChI=1S/C18H14N4O2/c1-22-10-12(17(23)16-13(20)6-4-8-15(16)22)18(24)21-14-7-3-2-5-11(14)9-19/h2-8,10H,20H2,1H3,(H,21,24). The number of nitrogens with one attached hydrogen (secondary N) is 1. The van der Waals surface area contributed by atoms with Crippen LogP contribution in [0.5, 0.6) is 0 Å². The molecule has 6 nitrogen and oxygen atoms in total. The number of rotatable bonds is 2. The van der Waals surface area contributed by atoms with Gasteiger partial charge in [-0.2, -0.15) is 5.26 Å². The zero-order chi connectivity index (χ0) is 17.3. The summed E-state index contributed by atoms with van der Waals surface area (Å²) >= 11 is 0. The van der Waals surface area contributed by atoms with Crippen LogP contribution >= 0.6 is 0 Å². The van der Waals surface area contributed by atoms with E-state index < -0.39 is 11.3 Å². The largest absolute Gasteiger partial charge is 0.398 e. The molecule has 24 heavy (non-hydrogen) atoms. The van der Waals surface area contributed by atoms with Crippen LogP contribution in [0.4, 0.5) is 11.4 Å². The summed E-state index contributed by atoms with van der Waals surface area (Å²) in [6.07, 6.45) is 1.47. The van der Waals surface area contributed by atoms with Crippen molar-refractivity contribution in [2.75, 3.05) is 11.1 Å². The van der Waals surface area contributed by atoms with E-state index in [2.05, 4.69) is 5.32 Å². The zero-order valence-corrected chi connectivity index (χ0v) is 12.9. The van der Waals surface area contributed by atoms with Crippen LogP contribution < -0.4 is 16.5 Å². The van der Waals surface area contributed by atoms with Gasteiger partial charge in [-0.1, -0.05) is 18.2 Å². The summed E-state index contributed by atoms with van der Waals surface area (Å²) in [6, 6.07) is 13.7. The summed E-state index contributed by atoms with van der Waals surface area (Å²) in [6.45, 7) is 0. The number of fused-ring (bicyclic) bond motifs is 1. The maximum atomic E-state index is 12.7. The highest BCUT2D eigenvalue weighted by Crippen LogP contribution is 2.19. The molecule has 1 amide bonds. The van der Waals surface area contributed by atoms with Crippen molar-refractivity contribution in [1.82, 2.24) is 4.57 Å². The van der Waals surface area contributed by atoms with Crippen molar-refractivity contribution in [1.29, 1.82) is 5.26 Å². The van der Waals surface area contributed by atoms with E-state index in [1.807, 2.05) is 6.07 Å². The fourth-order valence-corrected chi connectivity index (χ4v) is 2.60. The summed E-state index contributed by atoms with van der Waals surface area (Å²) in [5.41, 5.74) is 7.08. The number of nitrogens with zero attached hydrogens (tertiary/aromatic N) is 2. The quantitative estimate of drug-likeness (QED) is 0.708. The highest BCUT2D eigenvalue weighted by atomic mass is 16.2. The average molecular weight is 318 g/mol. The van der Waals surface area contributed by atoms with Crippen molar-refractivity contribution in [3.05, 3.63) is 70.0 Å². The molecule has 118 valence electrons. The number of pyridine rings is 1. The molecular weight excluding hydrogens is 304 g/mol. The Kier molecular flexibility index (Phi) is 3.76. The van der Waals surface area contributed by atoms with E-state index in [1.54, 1.807) is 54.1 Å². The van der Waals surface area contributed by atoms with Crippen LogP contribution in [0, 0.1) is 11.3 Å². The molecule has 0 saturated carbocycles. The number of benzene rings is 2. The number of hydrogen-bond acceptors (Lipinski definition) is 4. The van der Waals surface area contributed by atoms with Crippen molar-refractivity contribution in [2.45, 2.75) is 0 Å². The molecule has 3 rings (SSSR count). The number of nitrogens with two attached hydrogens (primary N) is 1. The van der Waals surface area contributed by atoms with E-state index in [0.29, 0.717) is 27.8 Å². The first kappa shape index (κ1) is 15.3. The van der Waals surface area contributed by atoms with Gasteiger partial charge in [-0.05, 0) is 24.3 Å². The molecule has 2 aromatic carbocycles. The van der Waals surface area contributed by atoms with Gasteiger partial charge in [0.05, 0.1) is 22.2 Å². The van der Waals surface area contributed by atoms with E-state index in [9.17, 15) is 9.59 Å². The lowest BCUT2D eigenvalue weighted by molar-refractivity contribution is 0.102. The zero-order valence-electron chi connectivity index (χ0n) is 12.9. The van der Waals surface area contributed by atoms with E-state index in [-0.39, 0.29) is 5.56 Å². The topological polar surface area (TPSA) is 101 Å². The summed E-state index contributed by atoms with van der Waals surface area (Å²) in [5, 5.41) is 12.0. The molecule has 0 atom stereocenters. The molecule has 1 aromatic heterocycles. The Bertz CT molecular complexity index is 1060. The monoisotopic (exact) mass is 318 g/mol. The second-order valence-electron chi connectivity index (χ2n) is 5.34. The normalized spacial score (nSPS) is 10.3. The van der Waals surface area contributed by atoms with Crippen molar-refractivity contribution in [2.24, 2.45) is 7.05 Å². The van der Waals surface area contributed by atoms with Crippen LogP contribution in [0.25, 0.3) is 10.9 Å². The van der Waals surface area contributed by atoms with E-state index >= 15 is 0 Å². The summed E-state index contributed by atoms with van der Waals surface area (Å²) < 4.78 is 1.68. The first-order chi connectivity index (χ1) is 11.5. The number of amides is 1. The van der Waals surface area contributed by atoms with Crippen LogP contribution in [-0.4, -0.2) is 10.5 Å². The Hall–Kier alpha value is -3.59. The second-order valence-corrected chi connectivity index (χ2v) is 5.34. The fourth-order valence-electron chi connectivity index (χ4n) is 2.60. The molecule has 0 spiro atoms. The lowest BCUT2D eigenvalue weighted by Crippen LogP contribution is -2.24. The number of carbonyl (C=O) groups is 1. The second kappa shape index (κ2) is 5.89. The van der Waals surface area contributed by atoms with Crippen molar-refractivity contribution < 1.29 is 4.79 Å². The number of aryl methyl sites for hydroxylation is 1. The van der Waals surface area contributed by atoms with E-state index in [1.165, 1.54) is 6.20 Å². The Morgan fingerprint density at radius 1 is 1.21 bits per heavy atom. The third kappa shape index (κ3) is 2.48. The van der Waals surface area contributed by atoms with Gasteiger partial charge in [0.15, 0.2) is 0 Å². The Balaban J connectivity index is 2.12. The smallest absolute Gasteiger partial charge is 0.261 e. The molecule has 3 N–H and O–H groups in total. The van der Waals surface area contributed by atoms with E-state index in [4.69, 9.17) is 11.0 Å². The van der Waals surface area contributed by atoms with Crippen molar-refractivity contribution >= 4 is 28.2 Å². The van der Waals surface area contributed by atoms with Gasteiger partial charge in [-0.25, -0.2) is 0 Å². The molecule has 0 aliphatic heterocycles. The number of nitriles is 1. The maximum Gasteiger partial charge on any atom is 0.261 e. The number of hydrogen-bond donors (Lipinski definition) is 2. The Morgan fingerprint density at radius 3 is 2.71 bits per heavy atom. The SMILES string of the molecule is Cn1cc(C(=O)Nc2ccccc2C#N)c(=O)c2c(N)cccc21. The maximum absolute atomic E-state index is 12.7. The van der Waals surface area contributed by atoms with Gasteiger partial charge >= 0.3 is 0 Å². The summed E-state index contributed by atoms with van der Waals surface area (Å²) in [4.78, 5) is 25.2. The molecule has 0 radical (unpaired) electrons. The number of para-hydroxylation sites is 1. The van der Waals surface area contributed by atoms with Gasteiger partial charge in [-0.3, -0.25) is 9.59 Å². The number of aromatic nitrogens is 1. The molecule has 0 bridgehead atoms. The number of anilines is 2. The molecular formula is C18H14N4O2. The third-order valence-corrected chi connectivity index (χ3v) is 3.79. The lowest BCUT2D eigenvalue weighted by Gasteiger charge is -2.11. The molecule has 6 heteroatoms. The molecule has 0 unspecified atom stereocenters. The van der Waals surface area contributed by atoms with Crippen LogP contribution in [0.15, 0.2) is 53.5 Å². The molecule has 1 heterocycles. The number of nitrogen functional groups attached to an aromatic ring is 1. The first-order valence-electron chi connectivity index (χ1n) is 7.21. The summed E-state index contributed by atoms with van der Waals surface area (Å²) in [7, 11) is 1.74. The lowest BCUT2D eigenvalue weighted by atomic mass is 10.1. The summed E-state index contributed by atoms with van der Waals surface area (Å²) in [5.74, 6) is -0.580. The molecule has 0 fully saturated rings. The van der Waals surface area contributed by atoms with Gasteiger partial charge in [0, 0.05) is 18.9 Å². The third-order valence-electron chi connectivity index (χ3n) is 3.79. The first-order valence-corrected chi connectivity index (χ1v) is 7.21. The van der Waals surface area contributed by atoms with Gasteiger partial charge in [-0.15, -0.1) is 0 Å². The van der Waals surface area contributed by atoms with Crippen LogP contribution in [0.1, 0.15) is 15.9 Å². The van der Waals surface area contributed by atoms with Crippen molar-refractivity contribution in [3.8, 4) is 6.07 Å². The van der Waals surface area contributed by atoms with Crippen LogP contribution in [-0.2, 0) is 7.05 Å². The Labute approximate surface area is 137 Å². The van der Waals surface area contributed by atoms with Crippen LogP contribution in [0.2, 0.25) is 0 Å². The minimum atomic E-state index is -0.580. The van der Waals surface area contributed by atoms with Gasteiger partial charge in [0.2, 0.25) is 5.43 Å². The highest BCUT2D eigenvalue weighted by molar-refractivity contribution is 6.07. The molecule has 3 aromatic rings. The predicted octanol–water partition coefficient (Wildman–Crippen LogP) is 2.24. The minimum Gasteiger partial charge on any atom is -0.398 e. The van der Waals surface area contributed by atoms with Crippen LogP contribution in [0.3, 0.4) is 0 Å². The molecule has 0 aliphatic carbocycles. The van der Waals surface area contributed by atoms with Gasteiger partial charge < -0.3 is 15.6 Å². The molecule has 0 aliphatic rings. The van der Waals surface area contributed by atoms with Gasteiger partial charge in [0.1, 0.15) is 11.6 Å². The predicted molar refractivity (Wildman–Crippen MR) is 92.7 cm³/mol. The number of carbonyl (C=O) groups excluding carboxylic acids is 1. The minimum absolute atomic E-state index is 0.0318. The highest BCUT2D eigenvalue weighted by Gasteiger charge is 2.17. The molecule has 0 saturated heterocycles. The fraction of sp³-hybridized carbons (Fsp3) is 0.0556. The van der Waals surface area contributed by atoms with Crippen molar-refractivity contribution in [3.63, 3.8) is 0 Å².